The Bertz CT molecular complexity index is 1170. The lowest BCUT2D eigenvalue weighted by molar-refractivity contribution is 0.104. The zero-order valence-electron chi connectivity index (χ0n) is 14.2. The van der Waals surface area contributed by atoms with Crippen LogP contribution in [0.2, 0.25) is 10.0 Å². The molecule has 3 aromatic carbocycles. The number of hydrogen-bond acceptors (Lipinski definition) is 2. The Hall–Kier alpha value is -2.81. The summed E-state index contributed by atoms with van der Waals surface area (Å²) >= 11 is 12.1. The van der Waals surface area contributed by atoms with Crippen LogP contribution < -0.4 is 0 Å². The van der Waals surface area contributed by atoms with E-state index in [2.05, 4.69) is 0 Å². The van der Waals surface area contributed by atoms with Crippen LogP contribution in [0, 0.1) is 0 Å². The lowest BCUT2D eigenvalue weighted by atomic mass is 10.0. The summed E-state index contributed by atoms with van der Waals surface area (Å²) in [5, 5.41) is 3.22. The summed E-state index contributed by atoms with van der Waals surface area (Å²) < 4.78 is 5.78. The third-order valence-corrected chi connectivity index (χ3v) is 4.80. The van der Waals surface area contributed by atoms with E-state index < -0.39 is 0 Å². The van der Waals surface area contributed by atoms with Crippen molar-refractivity contribution in [3.05, 3.63) is 100 Å². The molecular weight excluding hydrogens is 379 g/mol. The van der Waals surface area contributed by atoms with Crippen molar-refractivity contribution in [1.29, 1.82) is 0 Å². The van der Waals surface area contributed by atoms with Gasteiger partial charge in [-0.25, -0.2) is 0 Å². The van der Waals surface area contributed by atoms with Gasteiger partial charge in [0.05, 0.1) is 5.02 Å². The number of allylic oxidation sites excluding steroid dienone is 1. The first-order valence-corrected chi connectivity index (χ1v) is 9.12. The first-order chi connectivity index (χ1) is 13.1. The molecule has 0 N–H and O–H groups in total. The number of rotatable bonds is 4. The van der Waals surface area contributed by atoms with Crippen molar-refractivity contribution in [2.75, 3.05) is 0 Å². The van der Waals surface area contributed by atoms with Gasteiger partial charge in [0.2, 0.25) is 0 Å². The fourth-order valence-corrected chi connectivity index (χ4v) is 3.37. The van der Waals surface area contributed by atoms with Crippen molar-refractivity contribution in [2.24, 2.45) is 0 Å². The van der Waals surface area contributed by atoms with E-state index >= 15 is 0 Å². The van der Waals surface area contributed by atoms with Crippen LogP contribution in [0.3, 0.4) is 0 Å². The monoisotopic (exact) mass is 392 g/mol. The van der Waals surface area contributed by atoms with Crippen LogP contribution in [0.25, 0.3) is 28.2 Å². The molecule has 27 heavy (non-hydrogen) atoms. The topological polar surface area (TPSA) is 30.2 Å². The molecule has 4 aromatic rings. The number of furan rings is 1. The van der Waals surface area contributed by atoms with E-state index in [0.29, 0.717) is 27.1 Å². The van der Waals surface area contributed by atoms with Gasteiger partial charge in [0, 0.05) is 16.1 Å². The molecule has 0 aliphatic carbocycles. The van der Waals surface area contributed by atoms with Crippen molar-refractivity contribution in [3.8, 4) is 11.3 Å². The summed E-state index contributed by atoms with van der Waals surface area (Å²) in [6, 6.07) is 22.4. The fourth-order valence-electron chi connectivity index (χ4n) is 2.87. The van der Waals surface area contributed by atoms with E-state index in [9.17, 15) is 4.79 Å². The molecule has 4 rings (SSSR count). The fraction of sp³-hybridized carbons (Fsp3) is 0. The van der Waals surface area contributed by atoms with Crippen LogP contribution in [0.1, 0.15) is 16.1 Å². The molecule has 0 unspecified atom stereocenters. The maximum Gasteiger partial charge on any atom is 0.185 e. The number of ketones is 1. The van der Waals surface area contributed by atoms with Crippen molar-refractivity contribution in [2.45, 2.75) is 0 Å². The van der Waals surface area contributed by atoms with Crippen molar-refractivity contribution in [1.82, 2.24) is 0 Å². The van der Waals surface area contributed by atoms with E-state index in [4.69, 9.17) is 27.6 Å². The Morgan fingerprint density at radius 3 is 2.48 bits per heavy atom. The molecule has 132 valence electrons. The van der Waals surface area contributed by atoms with E-state index in [1.54, 1.807) is 30.3 Å². The van der Waals surface area contributed by atoms with Gasteiger partial charge in [-0.1, -0.05) is 59.6 Å². The minimum absolute atomic E-state index is 0.0803. The standard InChI is InChI=1S/C23H14Cl2O2/c24-18-7-10-20(21(25)14-18)23-12-9-19(27-23)8-11-22(26)17-6-5-15-3-1-2-4-16(15)13-17/h1-14H. The van der Waals surface area contributed by atoms with E-state index in [-0.39, 0.29) is 5.78 Å². The van der Waals surface area contributed by atoms with Gasteiger partial charge < -0.3 is 4.42 Å². The number of halogens is 2. The van der Waals surface area contributed by atoms with Gasteiger partial charge in [0.25, 0.3) is 0 Å². The van der Waals surface area contributed by atoms with E-state index in [1.165, 1.54) is 6.08 Å². The highest BCUT2D eigenvalue weighted by Crippen LogP contribution is 2.31. The highest BCUT2D eigenvalue weighted by Gasteiger charge is 2.09. The molecule has 0 fully saturated rings. The SMILES string of the molecule is O=C(C=Cc1ccc(-c2ccc(Cl)cc2Cl)o1)c1ccc2ccccc2c1. The summed E-state index contributed by atoms with van der Waals surface area (Å²) in [5.41, 5.74) is 1.39. The Balaban J connectivity index is 1.55. The second kappa shape index (κ2) is 7.43. The first-order valence-electron chi connectivity index (χ1n) is 8.37. The Labute approximate surface area is 166 Å². The number of benzene rings is 3. The van der Waals surface area contributed by atoms with E-state index in [0.717, 1.165) is 16.3 Å². The zero-order valence-corrected chi connectivity index (χ0v) is 15.7. The maximum absolute atomic E-state index is 12.5. The molecule has 4 heteroatoms. The Morgan fingerprint density at radius 2 is 1.67 bits per heavy atom. The van der Waals surface area contributed by atoms with Gasteiger partial charge in [0.1, 0.15) is 11.5 Å². The maximum atomic E-state index is 12.5. The van der Waals surface area contributed by atoms with Gasteiger partial charge in [0.15, 0.2) is 5.78 Å². The highest BCUT2D eigenvalue weighted by molar-refractivity contribution is 6.36. The number of carbonyl (C=O) groups is 1. The average molecular weight is 393 g/mol. The number of carbonyl (C=O) groups excluding carboxylic acids is 1. The molecule has 0 saturated carbocycles. The molecule has 0 atom stereocenters. The normalized spacial score (nSPS) is 11.3. The average Bonchev–Trinajstić information content (AvgIpc) is 3.14. The lowest BCUT2D eigenvalue weighted by Crippen LogP contribution is -1.93. The summed E-state index contributed by atoms with van der Waals surface area (Å²) in [6.07, 6.45) is 3.17. The number of fused-ring (bicyclic) bond motifs is 1. The Morgan fingerprint density at radius 1 is 0.852 bits per heavy atom. The molecule has 0 aliphatic heterocycles. The molecule has 0 radical (unpaired) electrons. The third-order valence-electron chi connectivity index (χ3n) is 4.26. The highest BCUT2D eigenvalue weighted by atomic mass is 35.5. The van der Waals surface area contributed by atoms with Gasteiger partial charge >= 0.3 is 0 Å². The molecular formula is C23H14Cl2O2. The van der Waals surface area contributed by atoms with Crippen LogP contribution >= 0.6 is 23.2 Å². The lowest BCUT2D eigenvalue weighted by Gasteiger charge is -2.01. The van der Waals surface area contributed by atoms with Gasteiger partial charge in [-0.05, 0) is 59.3 Å². The van der Waals surface area contributed by atoms with Crippen molar-refractivity contribution >= 4 is 45.8 Å². The third kappa shape index (κ3) is 3.82. The quantitative estimate of drug-likeness (QED) is 0.269. The van der Waals surface area contributed by atoms with Crippen LogP contribution in [-0.2, 0) is 0 Å². The summed E-state index contributed by atoms with van der Waals surface area (Å²) in [4.78, 5) is 12.5. The van der Waals surface area contributed by atoms with E-state index in [1.807, 2.05) is 48.5 Å². The summed E-state index contributed by atoms with van der Waals surface area (Å²) in [7, 11) is 0. The van der Waals surface area contributed by atoms with Crippen LogP contribution in [-0.4, -0.2) is 5.78 Å². The molecule has 0 saturated heterocycles. The molecule has 2 nitrogen and oxygen atoms in total. The van der Waals surface area contributed by atoms with Crippen molar-refractivity contribution in [3.63, 3.8) is 0 Å². The van der Waals surface area contributed by atoms with Gasteiger partial charge in [-0.2, -0.15) is 0 Å². The van der Waals surface area contributed by atoms with Crippen molar-refractivity contribution < 1.29 is 9.21 Å². The predicted octanol–water partition coefficient (Wildman–Crippen LogP) is 7.30. The minimum Gasteiger partial charge on any atom is -0.457 e. The van der Waals surface area contributed by atoms with Crippen LogP contribution in [0.5, 0.6) is 0 Å². The molecule has 1 heterocycles. The Kier molecular flexibility index (Phi) is 4.85. The minimum atomic E-state index is -0.0803. The molecule has 0 aliphatic rings. The number of hydrogen-bond donors (Lipinski definition) is 0. The first kappa shape index (κ1) is 17.6. The second-order valence-electron chi connectivity index (χ2n) is 6.09. The summed E-state index contributed by atoms with van der Waals surface area (Å²) in [6.45, 7) is 0. The van der Waals surface area contributed by atoms with Crippen LogP contribution in [0.15, 0.2) is 83.3 Å². The van der Waals surface area contributed by atoms with Gasteiger partial charge in [-0.3, -0.25) is 4.79 Å². The predicted molar refractivity (Wildman–Crippen MR) is 111 cm³/mol. The smallest absolute Gasteiger partial charge is 0.185 e. The van der Waals surface area contributed by atoms with Gasteiger partial charge in [-0.15, -0.1) is 0 Å². The summed E-state index contributed by atoms with van der Waals surface area (Å²) in [5.74, 6) is 1.11. The zero-order chi connectivity index (χ0) is 18.8. The van der Waals surface area contributed by atoms with Crippen LogP contribution in [0.4, 0.5) is 0 Å². The largest absolute Gasteiger partial charge is 0.457 e. The molecule has 0 spiro atoms. The molecule has 0 amide bonds. The molecule has 0 bridgehead atoms. The second-order valence-corrected chi connectivity index (χ2v) is 6.93. The molecule has 1 aromatic heterocycles.